The first-order valence-electron chi connectivity index (χ1n) is 11.6. The SMILES string of the molecule is COc1ccc(-c2ccccc2F)cc1S(=O)(=O)Nc1cccc(NCCNC(=O)c2cccc(Cl)c2)c1. The molecule has 0 aromatic heterocycles. The molecule has 0 aliphatic carbocycles. The van der Waals surface area contributed by atoms with Gasteiger partial charge in [-0.25, -0.2) is 12.8 Å². The van der Waals surface area contributed by atoms with E-state index in [-0.39, 0.29) is 22.1 Å². The third kappa shape index (κ3) is 6.62. The molecule has 196 valence electrons. The first-order chi connectivity index (χ1) is 18.3. The van der Waals surface area contributed by atoms with Gasteiger partial charge in [-0.05, 0) is 60.2 Å². The van der Waals surface area contributed by atoms with Crippen LogP contribution in [-0.4, -0.2) is 34.5 Å². The summed E-state index contributed by atoms with van der Waals surface area (Å²) < 4.78 is 48.7. The van der Waals surface area contributed by atoms with E-state index in [9.17, 15) is 17.6 Å². The molecule has 10 heteroatoms. The molecule has 0 heterocycles. The third-order valence-corrected chi connectivity index (χ3v) is 7.22. The molecule has 4 aromatic rings. The second-order valence-corrected chi connectivity index (χ2v) is 10.3. The maximum atomic E-state index is 14.3. The van der Waals surface area contributed by atoms with Gasteiger partial charge in [0.25, 0.3) is 15.9 Å². The molecule has 38 heavy (non-hydrogen) atoms. The van der Waals surface area contributed by atoms with Crippen LogP contribution in [0.2, 0.25) is 5.02 Å². The zero-order chi connectivity index (χ0) is 27.1. The van der Waals surface area contributed by atoms with Crippen LogP contribution in [0.15, 0.2) is 95.9 Å². The molecule has 0 saturated heterocycles. The van der Waals surface area contributed by atoms with Gasteiger partial charge in [0.15, 0.2) is 0 Å². The Hall–Kier alpha value is -4.08. The fraction of sp³-hybridized carbons (Fsp3) is 0.107. The van der Waals surface area contributed by atoms with E-state index in [4.69, 9.17) is 16.3 Å². The molecule has 0 unspecified atom stereocenters. The number of rotatable bonds is 10. The minimum atomic E-state index is -4.08. The van der Waals surface area contributed by atoms with E-state index in [1.807, 2.05) is 0 Å². The van der Waals surface area contributed by atoms with Crippen molar-refractivity contribution in [2.24, 2.45) is 0 Å². The summed E-state index contributed by atoms with van der Waals surface area (Å²) in [5.74, 6) is -0.582. The van der Waals surface area contributed by atoms with Gasteiger partial charge in [0, 0.05) is 34.9 Å². The number of hydrogen-bond donors (Lipinski definition) is 3. The molecule has 0 saturated carbocycles. The maximum Gasteiger partial charge on any atom is 0.265 e. The van der Waals surface area contributed by atoms with E-state index in [1.165, 1.54) is 25.3 Å². The molecular weight excluding hydrogens is 529 g/mol. The lowest BCUT2D eigenvalue weighted by atomic mass is 10.1. The molecule has 4 aromatic carbocycles. The lowest BCUT2D eigenvalue weighted by Crippen LogP contribution is -2.28. The fourth-order valence-corrected chi connectivity index (χ4v) is 5.20. The van der Waals surface area contributed by atoms with E-state index < -0.39 is 15.8 Å². The van der Waals surface area contributed by atoms with Crippen LogP contribution in [0.4, 0.5) is 15.8 Å². The van der Waals surface area contributed by atoms with Crippen molar-refractivity contribution in [2.45, 2.75) is 4.90 Å². The molecule has 1 amide bonds. The number of hydrogen-bond acceptors (Lipinski definition) is 5. The molecule has 0 bridgehead atoms. The Morgan fingerprint density at radius 3 is 2.42 bits per heavy atom. The van der Waals surface area contributed by atoms with Gasteiger partial charge >= 0.3 is 0 Å². The summed E-state index contributed by atoms with van der Waals surface area (Å²) in [5.41, 5.74) is 2.11. The van der Waals surface area contributed by atoms with E-state index in [2.05, 4.69) is 15.4 Å². The molecule has 4 rings (SSSR count). The second kappa shape index (κ2) is 12.0. The lowest BCUT2D eigenvalue weighted by molar-refractivity contribution is 0.0955. The number of benzene rings is 4. The monoisotopic (exact) mass is 553 g/mol. The third-order valence-electron chi connectivity index (χ3n) is 5.58. The zero-order valence-corrected chi connectivity index (χ0v) is 21.9. The van der Waals surface area contributed by atoms with Crippen molar-refractivity contribution < 1.29 is 22.3 Å². The number of nitrogens with one attached hydrogen (secondary N) is 3. The number of methoxy groups -OCH3 is 1. The highest BCUT2D eigenvalue weighted by molar-refractivity contribution is 7.92. The van der Waals surface area contributed by atoms with Crippen LogP contribution in [0.25, 0.3) is 11.1 Å². The molecule has 0 aliphatic rings. The van der Waals surface area contributed by atoms with Crippen LogP contribution in [0.1, 0.15) is 10.4 Å². The molecular formula is C28H25ClFN3O4S. The molecule has 0 spiro atoms. The Balaban J connectivity index is 1.44. The van der Waals surface area contributed by atoms with Crippen molar-refractivity contribution in [3.63, 3.8) is 0 Å². The highest BCUT2D eigenvalue weighted by atomic mass is 35.5. The number of carbonyl (C=O) groups is 1. The van der Waals surface area contributed by atoms with Crippen LogP contribution in [0.5, 0.6) is 5.75 Å². The smallest absolute Gasteiger partial charge is 0.265 e. The topological polar surface area (TPSA) is 96.5 Å². The Morgan fingerprint density at radius 2 is 1.66 bits per heavy atom. The largest absolute Gasteiger partial charge is 0.495 e. The van der Waals surface area contributed by atoms with Crippen molar-refractivity contribution in [1.29, 1.82) is 0 Å². The van der Waals surface area contributed by atoms with Crippen LogP contribution < -0.4 is 20.1 Å². The molecule has 0 fully saturated rings. The normalized spacial score (nSPS) is 11.0. The molecule has 0 radical (unpaired) electrons. The first-order valence-corrected chi connectivity index (χ1v) is 13.5. The molecule has 0 atom stereocenters. The predicted molar refractivity (Wildman–Crippen MR) is 148 cm³/mol. The van der Waals surface area contributed by atoms with Gasteiger partial charge in [-0.2, -0.15) is 0 Å². The number of anilines is 2. The molecule has 7 nitrogen and oxygen atoms in total. The highest BCUT2D eigenvalue weighted by Gasteiger charge is 2.21. The van der Waals surface area contributed by atoms with Gasteiger partial charge in [0.2, 0.25) is 0 Å². The summed E-state index contributed by atoms with van der Waals surface area (Å²) in [6.45, 7) is 0.738. The van der Waals surface area contributed by atoms with Crippen LogP contribution in [0.3, 0.4) is 0 Å². The van der Waals surface area contributed by atoms with E-state index in [0.29, 0.717) is 40.6 Å². The van der Waals surface area contributed by atoms with E-state index in [1.54, 1.807) is 72.8 Å². The zero-order valence-electron chi connectivity index (χ0n) is 20.4. The summed E-state index contributed by atoms with van der Waals surface area (Å²) in [4.78, 5) is 12.1. The first kappa shape index (κ1) is 27.0. The van der Waals surface area contributed by atoms with E-state index >= 15 is 0 Å². The van der Waals surface area contributed by atoms with Gasteiger partial charge in [0.1, 0.15) is 16.5 Å². The van der Waals surface area contributed by atoms with Gasteiger partial charge in [-0.1, -0.05) is 48.0 Å². The predicted octanol–water partition coefficient (Wildman–Crippen LogP) is 5.80. The number of carbonyl (C=O) groups excluding carboxylic acids is 1. The van der Waals surface area contributed by atoms with Crippen molar-refractivity contribution in [1.82, 2.24) is 5.32 Å². The van der Waals surface area contributed by atoms with Crippen LogP contribution >= 0.6 is 11.6 Å². The Bertz CT molecular complexity index is 1560. The standard InChI is InChI=1S/C28H25ClFN3O4S/c1-37-26-13-12-19(24-10-2-3-11-25(24)30)17-27(26)38(35,36)33-23-9-5-8-22(18-23)31-14-15-32-28(34)20-6-4-7-21(29)16-20/h2-13,16-18,31,33H,14-15H2,1H3,(H,32,34). The maximum absolute atomic E-state index is 14.3. The minimum absolute atomic E-state index is 0.122. The summed E-state index contributed by atoms with van der Waals surface area (Å²) >= 11 is 5.93. The van der Waals surface area contributed by atoms with Crippen LogP contribution in [-0.2, 0) is 10.0 Å². The number of sulfonamides is 1. The molecule has 3 N–H and O–H groups in total. The summed E-state index contributed by atoms with van der Waals surface area (Å²) in [6, 6.07) is 24.0. The average molecular weight is 554 g/mol. The Labute approximate surface area is 225 Å². The number of amides is 1. The quantitative estimate of drug-likeness (QED) is 0.216. The fourth-order valence-electron chi connectivity index (χ4n) is 3.77. The minimum Gasteiger partial charge on any atom is -0.495 e. The van der Waals surface area contributed by atoms with Crippen molar-refractivity contribution in [3.05, 3.63) is 107 Å². The number of halogens is 2. The summed E-state index contributed by atoms with van der Waals surface area (Å²) in [7, 11) is -2.71. The molecule has 0 aliphatic heterocycles. The Morgan fingerprint density at radius 1 is 0.895 bits per heavy atom. The Kier molecular flexibility index (Phi) is 8.50. The van der Waals surface area contributed by atoms with Gasteiger partial charge in [-0.15, -0.1) is 0 Å². The lowest BCUT2D eigenvalue weighted by Gasteiger charge is -2.15. The highest BCUT2D eigenvalue weighted by Crippen LogP contribution is 2.32. The van der Waals surface area contributed by atoms with Crippen molar-refractivity contribution in [2.75, 3.05) is 30.2 Å². The van der Waals surface area contributed by atoms with Crippen molar-refractivity contribution in [3.8, 4) is 16.9 Å². The summed E-state index contributed by atoms with van der Waals surface area (Å²) in [5, 5.41) is 6.42. The number of ether oxygens (including phenoxy) is 1. The van der Waals surface area contributed by atoms with Crippen molar-refractivity contribution >= 4 is 38.9 Å². The van der Waals surface area contributed by atoms with Gasteiger partial charge in [-0.3, -0.25) is 9.52 Å². The van der Waals surface area contributed by atoms with E-state index in [0.717, 1.165) is 0 Å². The average Bonchev–Trinajstić information content (AvgIpc) is 2.91. The van der Waals surface area contributed by atoms with Gasteiger partial charge < -0.3 is 15.4 Å². The van der Waals surface area contributed by atoms with Gasteiger partial charge in [0.05, 0.1) is 12.8 Å². The second-order valence-electron chi connectivity index (χ2n) is 8.22. The summed E-state index contributed by atoms with van der Waals surface area (Å²) in [6.07, 6.45) is 0. The van der Waals surface area contributed by atoms with Crippen LogP contribution in [0, 0.1) is 5.82 Å².